The highest BCUT2D eigenvalue weighted by Gasteiger charge is 2.28. The molecule has 2 aromatic carbocycles. The molecule has 0 atom stereocenters. The molecule has 2 heterocycles. The second-order valence-electron chi connectivity index (χ2n) is 7.55. The molecule has 168 valence electrons. The van der Waals surface area contributed by atoms with Crippen LogP contribution in [0.5, 0.6) is 0 Å². The van der Waals surface area contributed by atoms with Crippen LogP contribution in [0.15, 0.2) is 47.4 Å². The number of nitrogens with zero attached hydrogens (tertiary/aromatic N) is 5. The standard InChI is InChI=1S/C21H24N6O4S/c1-15-3-6-17(7-4-15)21-23-25-27(24-21)14-20(28)22-18-8-5-16(2)19(13-18)32(29,30)26-9-11-31-12-10-26/h3-8,13H,9-12,14H2,1-2H3,(H,22,28). The highest BCUT2D eigenvalue weighted by atomic mass is 32.2. The Kier molecular flexibility index (Phi) is 6.31. The summed E-state index contributed by atoms with van der Waals surface area (Å²) in [5.74, 6) is 0.0310. The van der Waals surface area contributed by atoms with Gasteiger partial charge in [-0.3, -0.25) is 4.79 Å². The summed E-state index contributed by atoms with van der Waals surface area (Å²) in [4.78, 5) is 13.9. The largest absolute Gasteiger partial charge is 0.379 e. The first-order valence-corrected chi connectivity index (χ1v) is 11.6. The second-order valence-corrected chi connectivity index (χ2v) is 9.46. The molecule has 1 saturated heterocycles. The van der Waals surface area contributed by atoms with E-state index >= 15 is 0 Å². The number of rotatable bonds is 6. The van der Waals surface area contributed by atoms with E-state index in [4.69, 9.17) is 4.74 Å². The molecular formula is C21H24N6O4S. The molecule has 0 spiro atoms. The number of aromatic nitrogens is 4. The summed E-state index contributed by atoms with van der Waals surface area (Å²) < 4.78 is 32.7. The van der Waals surface area contributed by atoms with Crippen molar-refractivity contribution >= 4 is 21.6 Å². The maximum Gasteiger partial charge on any atom is 0.248 e. The number of ether oxygens (including phenoxy) is 1. The van der Waals surface area contributed by atoms with Gasteiger partial charge in [-0.2, -0.15) is 9.10 Å². The Labute approximate surface area is 186 Å². The van der Waals surface area contributed by atoms with Crippen molar-refractivity contribution in [1.29, 1.82) is 0 Å². The van der Waals surface area contributed by atoms with Crippen LogP contribution in [0.3, 0.4) is 0 Å². The molecule has 4 rings (SSSR count). The van der Waals surface area contributed by atoms with Crippen LogP contribution >= 0.6 is 0 Å². The van der Waals surface area contributed by atoms with Crippen LogP contribution in [0, 0.1) is 13.8 Å². The highest BCUT2D eigenvalue weighted by molar-refractivity contribution is 7.89. The molecule has 1 aliphatic heterocycles. The van der Waals surface area contributed by atoms with Crippen molar-refractivity contribution in [3.8, 4) is 11.4 Å². The van der Waals surface area contributed by atoms with Crippen LogP contribution < -0.4 is 5.32 Å². The lowest BCUT2D eigenvalue weighted by atomic mass is 10.1. The zero-order chi connectivity index (χ0) is 22.7. The summed E-state index contributed by atoms with van der Waals surface area (Å²) >= 11 is 0. The average Bonchev–Trinajstić information content (AvgIpc) is 3.24. The van der Waals surface area contributed by atoms with Crippen LogP contribution in [0.1, 0.15) is 11.1 Å². The predicted molar refractivity (Wildman–Crippen MR) is 117 cm³/mol. The van der Waals surface area contributed by atoms with Crippen LogP contribution in [0.25, 0.3) is 11.4 Å². The van der Waals surface area contributed by atoms with Gasteiger partial charge >= 0.3 is 0 Å². The van der Waals surface area contributed by atoms with Gasteiger partial charge in [-0.1, -0.05) is 35.9 Å². The van der Waals surface area contributed by atoms with E-state index in [-0.39, 0.29) is 11.4 Å². The predicted octanol–water partition coefficient (Wildman–Crippen LogP) is 1.62. The maximum absolute atomic E-state index is 13.0. The Morgan fingerprint density at radius 1 is 1.09 bits per heavy atom. The molecule has 1 aromatic heterocycles. The van der Waals surface area contributed by atoms with Gasteiger partial charge in [0.1, 0.15) is 6.54 Å². The Hall–Kier alpha value is -3.15. The van der Waals surface area contributed by atoms with Crippen LogP contribution in [0.4, 0.5) is 5.69 Å². The Morgan fingerprint density at radius 3 is 2.53 bits per heavy atom. The monoisotopic (exact) mass is 456 g/mol. The molecule has 10 nitrogen and oxygen atoms in total. The fourth-order valence-corrected chi connectivity index (χ4v) is 5.00. The number of tetrazole rings is 1. The van der Waals surface area contributed by atoms with E-state index in [0.29, 0.717) is 43.4 Å². The molecule has 32 heavy (non-hydrogen) atoms. The minimum atomic E-state index is -3.68. The number of sulfonamides is 1. The number of nitrogens with one attached hydrogen (secondary N) is 1. The average molecular weight is 457 g/mol. The molecule has 1 aliphatic rings. The van der Waals surface area contributed by atoms with Gasteiger partial charge in [0.25, 0.3) is 0 Å². The zero-order valence-corrected chi connectivity index (χ0v) is 18.7. The maximum atomic E-state index is 13.0. The fraction of sp³-hybridized carbons (Fsp3) is 0.333. The van der Waals surface area contributed by atoms with E-state index < -0.39 is 15.9 Å². The van der Waals surface area contributed by atoms with Crippen molar-refractivity contribution in [3.63, 3.8) is 0 Å². The van der Waals surface area contributed by atoms with Gasteiger partial charge in [-0.15, -0.1) is 10.2 Å². The lowest BCUT2D eigenvalue weighted by molar-refractivity contribution is -0.117. The normalized spacial score (nSPS) is 14.9. The molecule has 1 fully saturated rings. The molecular weight excluding hydrogens is 432 g/mol. The van der Waals surface area contributed by atoms with Gasteiger partial charge in [-0.25, -0.2) is 8.42 Å². The third-order valence-electron chi connectivity index (χ3n) is 5.11. The number of anilines is 1. The van der Waals surface area contributed by atoms with Gasteiger partial charge in [0.05, 0.1) is 18.1 Å². The molecule has 0 aliphatic carbocycles. The van der Waals surface area contributed by atoms with Crippen molar-refractivity contribution in [1.82, 2.24) is 24.5 Å². The Bertz CT molecular complexity index is 1220. The third-order valence-corrected chi connectivity index (χ3v) is 7.15. The van der Waals surface area contributed by atoms with Crippen LogP contribution in [-0.2, 0) is 26.1 Å². The summed E-state index contributed by atoms with van der Waals surface area (Å²) in [6.07, 6.45) is 0. The van der Waals surface area contributed by atoms with E-state index in [9.17, 15) is 13.2 Å². The number of carbonyl (C=O) groups excluding carboxylic acids is 1. The third kappa shape index (κ3) is 4.85. The number of aryl methyl sites for hydroxylation is 2. The lowest BCUT2D eigenvalue weighted by Gasteiger charge is -2.26. The first kappa shape index (κ1) is 22.1. The molecule has 1 amide bonds. The second kappa shape index (κ2) is 9.15. The van der Waals surface area contributed by atoms with E-state index in [0.717, 1.165) is 11.1 Å². The van der Waals surface area contributed by atoms with E-state index in [1.54, 1.807) is 19.1 Å². The smallest absolute Gasteiger partial charge is 0.248 e. The summed E-state index contributed by atoms with van der Waals surface area (Å²) in [5, 5.41) is 14.9. The van der Waals surface area contributed by atoms with Crippen molar-refractivity contribution in [3.05, 3.63) is 53.6 Å². The van der Waals surface area contributed by atoms with Crippen LogP contribution in [-0.4, -0.2) is 65.1 Å². The number of hydrogen-bond donors (Lipinski definition) is 1. The molecule has 0 saturated carbocycles. The minimum absolute atomic E-state index is 0.154. The van der Waals surface area contributed by atoms with Gasteiger partial charge in [0, 0.05) is 24.3 Å². The molecule has 0 unspecified atom stereocenters. The fourth-order valence-electron chi connectivity index (χ4n) is 3.34. The molecule has 0 bridgehead atoms. The SMILES string of the molecule is Cc1ccc(-c2nnn(CC(=O)Nc3ccc(C)c(S(=O)(=O)N4CCOCC4)c3)n2)cc1. The lowest BCUT2D eigenvalue weighted by Crippen LogP contribution is -2.40. The summed E-state index contributed by atoms with van der Waals surface area (Å²) in [5.41, 5.74) is 2.91. The van der Waals surface area contributed by atoms with Crippen molar-refractivity contribution in [2.24, 2.45) is 0 Å². The first-order valence-electron chi connectivity index (χ1n) is 10.2. The first-order chi connectivity index (χ1) is 15.3. The van der Waals surface area contributed by atoms with Gasteiger partial charge in [-0.05, 0) is 36.8 Å². The van der Waals surface area contributed by atoms with E-state index in [1.165, 1.54) is 15.2 Å². The summed E-state index contributed by atoms with van der Waals surface area (Å²) in [6.45, 7) is 4.90. The Balaban J connectivity index is 1.46. The van der Waals surface area contributed by atoms with Crippen molar-refractivity contribution in [2.45, 2.75) is 25.3 Å². The van der Waals surface area contributed by atoms with Crippen molar-refractivity contribution < 1.29 is 17.9 Å². The van der Waals surface area contributed by atoms with Gasteiger partial charge in [0.2, 0.25) is 21.8 Å². The molecule has 3 aromatic rings. The van der Waals surface area contributed by atoms with Crippen LogP contribution in [0.2, 0.25) is 0 Å². The van der Waals surface area contributed by atoms with E-state index in [2.05, 4.69) is 20.7 Å². The molecule has 0 radical (unpaired) electrons. The number of carbonyl (C=O) groups is 1. The van der Waals surface area contributed by atoms with Gasteiger partial charge in [0.15, 0.2) is 0 Å². The van der Waals surface area contributed by atoms with Crippen molar-refractivity contribution in [2.75, 3.05) is 31.6 Å². The number of amides is 1. The van der Waals surface area contributed by atoms with Gasteiger partial charge < -0.3 is 10.1 Å². The number of hydrogen-bond acceptors (Lipinski definition) is 7. The highest BCUT2D eigenvalue weighted by Crippen LogP contribution is 2.24. The minimum Gasteiger partial charge on any atom is -0.379 e. The quantitative estimate of drug-likeness (QED) is 0.598. The molecule has 1 N–H and O–H groups in total. The number of benzene rings is 2. The zero-order valence-electron chi connectivity index (χ0n) is 17.9. The molecule has 11 heteroatoms. The topological polar surface area (TPSA) is 119 Å². The number of morpholine rings is 1. The summed E-state index contributed by atoms with van der Waals surface area (Å²) in [6, 6.07) is 12.5. The summed E-state index contributed by atoms with van der Waals surface area (Å²) in [7, 11) is -3.68. The Morgan fingerprint density at radius 2 is 1.81 bits per heavy atom. The van der Waals surface area contributed by atoms with E-state index in [1.807, 2.05) is 31.2 Å².